The van der Waals surface area contributed by atoms with Crippen molar-refractivity contribution >= 4 is 0 Å². The van der Waals surface area contributed by atoms with Gasteiger partial charge in [-0.2, -0.15) is 8.78 Å². The highest BCUT2D eigenvalue weighted by Gasteiger charge is 2.13. The van der Waals surface area contributed by atoms with E-state index in [4.69, 9.17) is 9.47 Å². The van der Waals surface area contributed by atoms with Gasteiger partial charge in [0.2, 0.25) is 5.82 Å². The number of aromatic nitrogens is 1. The summed E-state index contributed by atoms with van der Waals surface area (Å²) in [6.07, 6.45) is 1.15. The Labute approximate surface area is 116 Å². The van der Waals surface area contributed by atoms with E-state index in [9.17, 15) is 8.78 Å². The van der Waals surface area contributed by atoms with E-state index in [1.165, 1.54) is 6.07 Å². The Morgan fingerprint density at radius 1 is 1.10 bits per heavy atom. The molecular weight excluding hydrogens is 264 g/mol. The zero-order chi connectivity index (χ0) is 14.7. The lowest BCUT2D eigenvalue weighted by molar-refractivity contribution is 0.395. The van der Waals surface area contributed by atoms with Crippen LogP contribution in [-0.4, -0.2) is 12.1 Å². The standard InChI is InChI=1S/C15H15F2NO2/c1-9(2)11-8-10(4-5-12(11)19-3)20-13-6-7-18-15(17)14(13)16/h4-9H,1-3H3. The van der Waals surface area contributed by atoms with E-state index in [0.717, 1.165) is 17.5 Å². The number of methoxy groups -OCH3 is 1. The lowest BCUT2D eigenvalue weighted by Gasteiger charge is -2.14. The molecule has 2 rings (SSSR count). The molecule has 0 N–H and O–H groups in total. The highest BCUT2D eigenvalue weighted by atomic mass is 19.2. The van der Waals surface area contributed by atoms with E-state index in [2.05, 4.69) is 4.98 Å². The van der Waals surface area contributed by atoms with Gasteiger partial charge in [0.05, 0.1) is 7.11 Å². The van der Waals surface area contributed by atoms with Crippen LogP contribution in [0.5, 0.6) is 17.2 Å². The van der Waals surface area contributed by atoms with Crippen molar-refractivity contribution in [2.75, 3.05) is 7.11 Å². The summed E-state index contributed by atoms with van der Waals surface area (Å²) < 4.78 is 37.2. The molecule has 0 atom stereocenters. The molecule has 5 heteroatoms. The molecule has 0 saturated carbocycles. The third kappa shape index (κ3) is 2.87. The second-order valence-electron chi connectivity index (χ2n) is 4.57. The minimum absolute atomic E-state index is 0.197. The molecule has 0 saturated heterocycles. The molecule has 2 aromatic rings. The van der Waals surface area contributed by atoms with E-state index < -0.39 is 11.8 Å². The van der Waals surface area contributed by atoms with Crippen LogP contribution in [0.15, 0.2) is 30.5 Å². The summed E-state index contributed by atoms with van der Waals surface area (Å²) in [6.45, 7) is 4.02. The molecule has 0 bridgehead atoms. The van der Waals surface area contributed by atoms with E-state index in [1.807, 2.05) is 13.8 Å². The number of hydrogen-bond acceptors (Lipinski definition) is 3. The van der Waals surface area contributed by atoms with Crippen molar-refractivity contribution in [1.82, 2.24) is 4.98 Å². The molecule has 0 radical (unpaired) electrons. The van der Waals surface area contributed by atoms with Gasteiger partial charge >= 0.3 is 0 Å². The highest BCUT2D eigenvalue weighted by Crippen LogP contribution is 2.33. The van der Waals surface area contributed by atoms with E-state index >= 15 is 0 Å². The Bertz CT molecular complexity index is 615. The number of benzene rings is 1. The molecular formula is C15H15F2NO2. The van der Waals surface area contributed by atoms with Crippen LogP contribution >= 0.6 is 0 Å². The van der Waals surface area contributed by atoms with Crippen molar-refractivity contribution in [3.8, 4) is 17.2 Å². The fourth-order valence-electron chi connectivity index (χ4n) is 1.83. The molecule has 1 heterocycles. The maximum Gasteiger partial charge on any atom is 0.252 e. The highest BCUT2D eigenvalue weighted by molar-refractivity contribution is 5.43. The van der Waals surface area contributed by atoms with Gasteiger partial charge in [-0.05, 0) is 24.1 Å². The van der Waals surface area contributed by atoms with Gasteiger partial charge in [-0.25, -0.2) is 4.98 Å². The first kappa shape index (κ1) is 14.2. The van der Waals surface area contributed by atoms with Gasteiger partial charge in [0.25, 0.3) is 5.95 Å². The summed E-state index contributed by atoms with van der Waals surface area (Å²) in [5.74, 6) is -1.12. The quantitative estimate of drug-likeness (QED) is 0.783. The fourth-order valence-corrected chi connectivity index (χ4v) is 1.83. The van der Waals surface area contributed by atoms with Gasteiger partial charge < -0.3 is 9.47 Å². The zero-order valence-corrected chi connectivity index (χ0v) is 11.5. The molecule has 0 aliphatic carbocycles. The van der Waals surface area contributed by atoms with Crippen molar-refractivity contribution in [1.29, 1.82) is 0 Å². The predicted octanol–water partition coefficient (Wildman–Crippen LogP) is 4.28. The van der Waals surface area contributed by atoms with Gasteiger partial charge in [0.1, 0.15) is 11.5 Å². The van der Waals surface area contributed by atoms with E-state index in [1.54, 1.807) is 25.3 Å². The van der Waals surface area contributed by atoms with Crippen LogP contribution in [-0.2, 0) is 0 Å². The van der Waals surface area contributed by atoms with Gasteiger partial charge in [0.15, 0.2) is 5.75 Å². The molecule has 0 aliphatic rings. The van der Waals surface area contributed by atoms with Gasteiger partial charge in [0, 0.05) is 17.8 Å². The monoisotopic (exact) mass is 279 g/mol. The molecule has 3 nitrogen and oxygen atoms in total. The lowest BCUT2D eigenvalue weighted by atomic mass is 10.0. The average molecular weight is 279 g/mol. The largest absolute Gasteiger partial charge is 0.496 e. The number of hydrogen-bond donors (Lipinski definition) is 0. The van der Waals surface area contributed by atoms with Crippen molar-refractivity contribution in [2.24, 2.45) is 0 Å². The molecule has 0 amide bonds. The second-order valence-corrected chi connectivity index (χ2v) is 4.57. The summed E-state index contributed by atoms with van der Waals surface area (Å²) in [7, 11) is 1.58. The fraction of sp³-hybridized carbons (Fsp3) is 0.267. The first-order chi connectivity index (χ1) is 9.52. The topological polar surface area (TPSA) is 31.4 Å². The molecule has 106 valence electrons. The van der Waals surface area contributed by atoms with Gasteiger partial charge in [-0.15, -0.1) is 0 Å². The normalized spacial score (nSPS) is 10.7. The first-order valence-corrected chi connectivity index (χ1v) is 6.18. The number of ether oxygens (including phenoxy) is 2. The second kappa shape index (κ2) is 5.86. The number of rotatable bonds is 4. The zero-order valence-electron chi connectivity index (χ0n) is 11.5. The summed E-state index contributed by atoms with van der Waals surface area (Å²) in [5, 5.41) is 0. The van der Waals surface area contributed by atoms with Crippen LogP contribution in [0.25, 0.3) is 0 Å². The maximum atomic E-state index is 13.5. The molecule has 1 aromatic heterocycles. The van der Waals surface area contributed by atoms with Crippen molar-refractivity contribution in [3.05, 3.63) is 47.8 Å². The van der Waals surface area contributed by atoms with E-state index in [-0.39, 0.29) is 11.7 Å². The minimum Gasteiger partial charge on any atom is -0.496 e. The SMILES string of the molecule is COc1ccc(Oc2ccnc(F)c2F)cc1C(C)C. The summed E-state index contributed by atoms with van der Waals surface area (Å²) >= 11 is 0. The molecule has 0 unspecified atom stereocenters. The van der Waals surface area contributed by atoms with Crippen LogP contribution in [0.4, 0.5) is 8.78 Å². The number of nitrogens with zero attached hydrogens (tertiary/aromatic N) is 1. The Kier molecular flexibility index (Phi) is 4.17. The molecule has 1 aromatic carbocycles. The first-order valence-electron chi connectivity index (χ1n) is 6.18. The minimum atomic E-state index is -1.18. The number of pyridine rings is 1. The lowest BCUT2D eigenvalue weighted by Crippen LogP contribution is -1.97. The van der Waals surface area contributed by atoms with Crippen LogP contribution in [0, 0.1) is 11.8 Å². The van der Waals surface area contributed by atoms with Gasteiger partial charge in [-0.1, -0.05) is 13.8 Å². The van der Waals surface area contributed by atoms with Gasteiger partial charge in [-0.3, -0.25) is 0 Å². The third-order valence-corrected chi connectivity index (χ3v) is 2.86. The molecule has 0 spiro atoms. The van der Waals surface area contributed by atoms with Crippen molar-refractivity contribution in [2.45, 2.75) is 19.8 Å². The molecule has 0 aliphatic heterocycles. The molecule has 0 fully saturated rings. The Balaban J connectivity index is 2.34. The van der Waals surface area contributed by atoms with Crippen LogP contribution in [0.2, 0.25) is 0 Å². The Hall–Kier alpha value is -2.17. The predicted molar refractivity (Wildman–Crippen MR) is 71.3 cm³/mol. The Morgan fingerprint density at radius 2 is 1.85 bits per heavy atom. The van der Waals surface area contributed by atoms with Crippen LogP contribution < -0.4 is 9.47 Å². The number of halogens is 2. The smallest absolute Gasteiger partial charge is 0.252 e. The Morgan fingerprint density at radius 3 is 2.50 bits per heavy atom. The average Bonchev–Trinajstić information content (AvgIpc) is 2.43. The van der Waals surface area contributed by atoms with Crippen LogP contribution in [0.1, 0.15) is 25.3 Å². The summed E-state index contributed by atoms with van der Waals surface area (Å²) in [6, 6.07) is 6.40. The van der Waals surface area contributed by atoms with Crippen molar-refractivity contribution < 1.29 is 18.3 Å². The van der Waals surface area contributed by atoms with Crippen LogP contribution in [0.3, 0.4) is 0 Å². The third-order valence-electron chi connectivity index (χ3n) is 2.86. The van der Waals surface area contributed by atoms with Crippen molar-refractivity contribution in [3.63, 3.8) is 0 Å². The van der Waals surface area contributed by atoms with E-state index in [0.29, 0.717) is 5.75 Å². The maximum absolute atomic E-state index is 13.5. The molecule has 20 heavy (non-hydrogen) atoms. The summed E-state index contributed by atoms with van der Waals surface area (Å²) in [4.78, 5) is 3.21. The summed E-state index contributed by atoms with van der Waals surface area (Å²) in [5.41, 5.74) is 0.930.